The maximum atomic E-state index is 13.0. The topological polar surface area (TPSA) is 21.3 Å². The lowest BCUT2D eigenvalue weighted by Gasteiger charge is -2.31. The zero-order valence-electron chi connectivity index (χ0n) is 9.88. The first kappa shape index (κ1) is 12.8. The van der Waals surface area contributed by atoms with Gasteiger partial charge >= 0.3 is 0 Å². The van der Waals surface area contributed by atoms with Gasteiger partial charge in [0.05, 0.1) is 0 Å². The molecule has 0 bridgehead atoms. The summed E-state index contributed by atoms with van der Waals surface area (Å²) in [6, 6.07) is 4.78. The molecule has 1 atom stereocenters. The molecule has 0 aromatic heterocycles. The molecule has 94 valence electrons. The van der Waals surface area contributed by atoms with Crippen molar-refractivity contribution in [3.63, 3.8) is 0 Å². The minimum Gasteiger partial charge on any atom is -0.381 e. The number of halogens is 2. The van der Waals surface area contributed by atoms with Crippen LogP contribution >= 0.6 is 11.6 Å². The maximum Gasteiger partial charge on any atom is 0.124 e. The van der Waals surface area contributed by atoms with Crippen molar-refractivity contribution in [1.29, 1.82) is 0 Å². The first-order valence-electron chi connectivity index (χ1n) is 5.92. The van der Waals surface area contributed by atoms with Gasteiger partial charge < -0.3 is 10.1 Å². The Hall–Kier alpha value is -0.640. The number of ether oxygens (including phenoxy) is 1. The second-order valence-electron chi connectivity index (χ2n) is 4.38. The molecule has 0 spiro atoms. The second kappa shape index (κ2) is 5.80. The molecule has 0 saturated carbocycles. The van der Waals surface area contributed by atoms with Crippen LogP contribution in [0.5, 0.6) is 0 Å². The summed E-state index contributed by atoms with van der Waals surface area (Å²) >= 11 is 6.11. The number of nitrogens with one attached hydrogen (secondary N) is 1. The third-order valence-corrected chi connectivity index (χ3v) is 3.67. The summed E-state index contributed by atoms with van der Waals surface area (Å²) in [6.07, 6.45) is 2.03. The zero-order valence-corrected chi connectivity index (χ0v) is 10.6. The van der Waals surface area contributed by atoms with Crippen LogP contribution < -0.4 is 5.32 Å². The molecule has 0 aliphatic carbocycles. The van der Waals surface area contributed by atoms with Crippen LogP contribution in [0, 0.1) is 11.7 Å². The fourth-order valence-electron chi connectivity index (χ4n) is 2.45. The van der Waals surface area contributed by atoms with E-state index in [1.807, 2.05) is 7.05 Å². The lowest BCUT2D eigenvalue weighted by molar-refractivity contribution is 0.0546. The van der Waals surface area contributed by atoms with E-state index in [1.165, 1.54) is 12.1 Å². The van der Waals surface area contributed by atoms with Crippen molar-refractivity contribution < 1.29 is 9.13 Å². The number of hydrogen-bond acceptors (Lipinski definition) is 2. The van der Waals surface area contributed by atoms with E-state index in [-0.39, 0.29) is 11.9 Å². The average Bonchev–Trinajstić information content (AvgIpc) is 2.34. The van der Waals surface area contributed by atoms with Crippen LogP contribution in [0.25, 0.3) is 0 Å². The van der Waals surface area contributed by atoms with E-state index in [2.05, 4.69) is 5.32 Å². The van der Waals surface area contributed by atoms with Gasteiger partial charge in [0.15, 0.2) is 0 Å². The summed E-state index contributed by atoms with van der Waals surface area (Å²) < 4.78 is 18.4. The highest BCUT2D eigenvalue weighted by molar-refractivity contribution is 6.31. The molecular weight excluding hydrogens is 241 g/mol. The average molecular weight is 258 g/mol. The van der Waals surface area contributed by atoms with Gasteiger partial charge in [0, 0.05) is 24.3 Å². The minimum atomic E-state index is -0.291. The third-order valence-electron chi connectivity index (χ3n) is 3.35. The first-order chi connectivity index (χ1) is 8.22. The Labute approximate surface area is 106 Å². The largest absolute Gasteiger partial charge is 0.381 e. The molecule has 17 heavy (non-hydrogen) atoms. The summed E-state index contributed by atoms with van der Waals surface area (Å²) in [5, 5.41) is 3.78. The van der Waals surface area contributed by atoms with Gasteiger partial charge in [-0.2, -0.15) is 0 Å². The van der Waals surface area contributed by atoms with Gasteiger partial charge in [-0.3, -0.25) is 0 Å². The summed E-state index contributed by atoms with van der Waals surface area (Å²) in [5.74, 6) is 0.206. The van der Waals surface area contributed by atoms with Crippen LogP contribution in [0.1, 0.15) is 24.4 Å². The quantitative estimate of drug-likeness (QED) is 0.898. The fourth-order valence-corrected chi connectivity index (χ4v) is 2.73. The van der Waals surface area contributed by atoms with Crippen molar-refractivity contribution in [2.45, 2.75) is 18.9 Å². The molecule has 2 nitrogen and oxygen atoms in total. The van der Waals surface area contributed by atoms with Gasteiger partial charge in [-0.1, -0.05) is 17.7 Å². The Morgan fingerprint density at radius 2 is 2.12 bits per heavy atom. The Morgan fingerprint density at radius 1 is 1.41 bits per heavy atom. The molecule has 1 saturated heterocycles. The van der Waals surface area contributed by atoms with Gasteiger partial charge in [0.2, 0.25) is 0 Å². The SMILES string of the molecule is CNC(c1ccc(F)cc1Cl)C1CCOCC1. The second-order valence-corrected chi connectivity index (χ2v) is 4.79. The maximum absolute atomic E-state index is 13.0. The molecule has 4 heteroatoms. The normalized spacial score (nSPS) is 19.2. The molecule has 2 rings (SSSR count). The Morgan fingerprint density at radius 3 is 2.71 bits per heavy atom. The molecule has 1 heterocycles. The summed E-state index contributed by atoms with van der Waals surface area (Å²) in [7, 11) is 1.92. The molecule has 1 aliphatic heterocycles. The summed E-state index contributed by atoms with van der Waals surface area (Å²) in [4.78, 5) is 0. The van der Waals surface area contributed by atoms with Gasteiger partial charge in [-0.15, -0.1) is 0 Å². The predicted octanol–water partition coefficient (Wildman–Crippen LogP) is 3.17. The Kier molecular flexibility index (Phi) is 4.37. The molecule has 1 aliphatic rings. The van der Waals surface area contributed by atoms with Crippen LogP contribution in [-0.4, -0.2) is 20.3 Å². The van der Waals surface area contributed by atoms with Crippen LogP contribution in [-0.2, 0) is 4.74 Å². The third kappa shape index (κ3) is 2.97. The van der Waals surface area contributed by atoms with Crippen LogP contribution in [0.2, 0.25) is 5.02 Å². The van der Waals surface area contributed by atoms with E-state index < -0.39 is 0 Å². The van der Waals surface area contributed by atoms with Crippen molar-refractivity contribution in [3.8, 4) is 0 Å². The highest BCUT2D eigenvalue weighted by Gasteiger charge is 2.25. The number of rotatable bonds is 3. The van der Waals surface area contributed by atoms with Gasteiger partial charge in [0.25, 0.3) is 0 Å². The molecule has 1 aromatic rings. The lowest BCUT2D eigenvalue weighted by atomic mass is 9.87. The number of hydrogen-bond donors (Lipinski definition) is 1. The Bertz CT molecular complexity index is 380. The lowest BCUT2D eigenvalue weighted by Crippen LogP contribution is -2.30. The van der Waals surface area contributed by atoms with E-state index in [1.54, 1.807) is 6.07 Å². The van der Waals surface area contributed by atoms with E-state index in [9.17, 15) is 4.39 Å². The molecular formula is C13H17ClFNO. The number of benzene rings is 1. The van der Waals surface area contributed by atoms with Crippen molar-refractivity contribution >= 4 is 11.6 Å². The Balaban J connectivity index is 2.21. The van der Waals surface area contributed by atoms with Crippen LogP contribution in [0.15, 0.2) is 18.2 Å². The van der Waals surface area contributed by atoms with Crippen molar-refractivity contribution in [1.82, 2.24) is 5.32 Å². The molecule has 1 N–H and O–H groups in total. The molecule has 1 aromatic carbocycles. The van der Waals surface area contributed by atoms with E-state index >= 15 is 0 Å². The van der Waals surface area contributed by atoms with Crippen molar-refractivity contribution in [3.05, 3.63) is 34.6 Å². The summed E-state index contributed by atoms with van der Waals surface area (Å²) in [5.41, 5.74) is 0.975. The molecule has 1 fully saturated rings. The highest BCUT2D eigenvalue weighted by atomic mass is 35.5. The van der Waals surface area contributed by atoms with Gasteiger partial charge in [-0.05, 0) is 43.5 Å². The van der Waals surface area contributed by atoms with Gasteiger partial charge in [0.1, 0.15) is 5.82 Å². The van der Waals surface area contributed by atoms with Crippen molar-refractivity contribution in [2.75, 3.05) is 20.3 Å². The molecule has 1 unspecified atom stereocenters. The minimum absolute atomic E-state index is 0.173. The van der Waals surface area contributed by atoms with E-state index in [0.717, 1.165) is 31.6 Å². The highest BCUT2D eigenvalue weighted by Crippen LogP contribution is 2.33. The van der Waals surface area contributed by atoms with Crippen LogP contribution in [0.4, 0.5) is 4.39 Å². The summed E-state index contributed by atoms with van der Waals surface area (Å²) in [6.45, 7) is 1.59. The standard InChI is InChI=1S/C13H17ClFNO/c1-16-13(9-4-6-17-7-5-9)11-3-2-10(15)8-12(11)14/h2-3,8-9,13,16H,4-7H2,1H3. The smallest absolute Gasteiger partial charge is 0.124 e. The van der Waals surface area contributed by atoms with E-state index in [0.29, 0.717) is 10.9 Å². The molecule has 0 amide bonds. The zero-order chi connectivity index (χ0) is 12.3. The first-order valence-corrected chi connectivity index (χ1v) is 6.30. The predicted molar refractivity (Wildman–Crippen MR) is 66.8 cm³/mol. The van der Waals surface area contributed by atoms with Gasteiger partial charge in [-0.25, -0.2) is 4.39 Å². The van der Waals surface area contributed by atoms with Crippen LogP contribution in [0.3, 0.4) is 0 Å². The monoisotopic (exact) mass is 257 g/mol. The van der Waals surface area contributed by atoms with E-state index in [4.69, 9.17) is 16.3 Å². The fraction of sp³-hybridized carbons (Fsp3) is 0.538. The molecule has 0 radical (unpaired) electrons. The van der Waals surface area contributed by atoms with Crippen molar-refractivity contribution in [2.24, 2.45) is 5.92 Å².